The zero-order valence-electron chi connectivity index (χ0n) is 15.6. The quantitative estimate of drug-likeness (QED) is 0.472. The fourth-order valence-electron chi connectivity index (χ4n) is 5.29. The van der Waals surface area contributed by atoms with E-state index in [9.17, 15) is 17.6 Å². The fraction of sp³-hybridized carbons (Fsp3) is 0.727. The van der Waals surface area contributed by atoms with Crippen LogP contribution in [-0.2, 0) is 5.92 Å². The lowest BCUT2D eigenvalue weighted by Gasteiger charge is -2.39. The van der Waals surface area contributed by atoms with E-state index in [1.54, 1.807) is 0 Å². The smallest absolute Gasteiger partial charge is 0.207 e. The van der Waals surface area contributed by atoms with Crippen LogP contribution in [0, 0.1) is 35.3 Å². The second kappa shape index (κ2) is 8.31. The molecule has 146 valence electrons. The van der Waals surface area contributed by atoms with Crippen molar-refractivity contribution in [3.8, 4) is 0 Å². The average molecular weight is 370 g/mol. The van der Waals surface area contributed by atoms with Crippen LogP contribution in [0.25, 0.3) is 0 Å². The molecule has 0 aliphatic heterocycles. The Hall–Kier alpha value is -1.06. The van der Waals surface area contributed by atoms with Crippen LogP contribution in [0.1, 0.15) is 76.7 Å². The van der Waals surface area contributed by atoms with E-state index < -0.39 is 29.0 Å². The van der Waals surface area contributed by atoms with E-state index in [0.717, 1.165) is 30.9 Å². The summed E-state index contributed by atoms with van der Waals surface area (Å²) in [7, 11) is 0. The number of hydrogen-bond donors (Lipinski definition) is 0. The van der Waals surface area contributed by atoms with Gasteiger partial charge in [-0.1, -0.05) is 32.6 Å². The summed E-state index contributed by atoms with van der Waals surface area (Å²) in [6.45, 7) is 2.23. The lowest BCUT2D eigenvalue weighted by Crippen LogP contribution is -2.32. The lowest BCUT2D eigenvalue weighted by atomic mass is 9.67. The van der Waals surface area contributed by atoms with Crippen molar-refractivity contribution in [3.05, 3.63) is 35.4 Å². The Balaban J connectivity index is 1.56. The molecule has 0 unspecified atom stereocenters. The normalized spacial score (nSPS) is 30.3. The zero-order valence-corrected chi connectivity index (χ0v) is 15.6. The lowest BCUT2D eigenvalue weighted by molar-refractivity contribution is -0.0857. The highest BCUT2D eigenvalue weighted by Gasteiger charge is 2.44. The standard InChI is InChI=1S/C22H30F4/c1-2-3-15-4-6-16(7-5-15)17-8-10-18(11-9-17)22(25,26)19-12-20(23)14-21(24)13-19/h12-18H,2-11H2,1H3/t15-,16-,17?,18?. The van der Waals surface area contributed by atoms with Crippen LogP contribution in [0.3, 0.4) is 0 Å². The predicted molar refractivity (Wildman–Crippen MR) is 96.1 cm³/mol. The molecule has 4 heteroatoms. The van der Waals surface area contributed by atoms with Gasteiger partial charge in [0.25, 0.3) is 5.92 Å². The zero-order chi connectivity index (χ0) is 18.7. The molecule has 0 spiro atoms. The molecule has 26 heavy (non-hydrogen) atoms. The number of alkyl halides is 2. The molecule has 1 aromatic rings. The predicted octanol–water partition coefficient (Wildman–Crippen LogP) is 7.47. The molecular weight excluding hydrogens is 340 g/mol. The Morgan fingerprint density at radius 3 is 1.81 bits per heavy atom. The maximum absolute atomic E-state index is 14.8. The van der Waals surface area contributed by atoms with Crippen molar-refractivity contribution in [2.45, 2.75) is 77.1 Å². The summed E-state index contributed by atoms with van der Waals surface area (Å²) in [4.78, 5) is 0. The van der Waals surface area contributed by atoms with Crippen molar-refractivity contribution in [2.75, 3.05) is 0 Å². The first-order chi connectivity index (χ1) is 12.4. The molecule has 0 radical (unpaired) electrons. The Bertz CT molecular complexity index is 562. The summed E-state index contributed by atoms with van der Waals surface area (Å²) < 4.78 is 56.2. The minimum atomic E-state index is -3.16. The Morgan fingerprint density at radius 1 is 0.808 bits per heavy atom. The summed E-state index contributed by atoms with van der Waals surface area (Å²) in [6.07, 6.45) is 10.2. The molecule has 2 fully saturated rings. The van der Waals surface area contributed by atoms with Crippen molar-refractivity contribution in [3.63, 3.8) is 0 Å². The third-order valence-corrected chi connectivity index (χ3v) is 6.79. The molecular formula is C22H30F4. The maximum Gasteiger partial charge on any atom is 0.276 e. The molecule has 0 N–H and O–H groups in total. The number of hydrogen-bond acceptors (Lipinski definition) is 0. The summed E-state index contributed by atoms with van der Waals surface area (Å²) >= 11 is 0. The Morgan fingerprint density at radius 2 is 1.31 bits per heavy atom. The van der Waals surface area contributed by atoms with Gasteiger partial charge < -0.3 is 0 Å². The van der Waals surface area contributed by atoms with Crippen LogP contribution >= 0.6 is 0 Å². The van der Waals surface area contributed by atoms with E-state index >= 15 is 0 Å². The SMILES string of the molecule is CCC[C@H]1CC[C@H](C2CCC(C(F)(F)c3cc(F)cc(F)c3)CC2)CC1. The van der Waals surface area contributed by atoms with Crippen LogP contribution in [0.2, 0.25) is 0 Å². The van der Waals surface area contributed by atoms with Crippen molar-refractivity contribution >= 4 is 0 Å². The van der Waals surface area contributed by atoms with Gasteiger partial charge in [0.05, 0.1) is 0 Å². The molecule has 2 aliphatic carbocycles. The highest BCUT2D eigenvalue weighted by Crippen LogP contribution is 2.48. The molecule has 0 amide bonds. The molecule has 0 aromatic heterocycles. The average Bonchev–Trinajstić information content (AvgIpc) is 2.62. The first-order valence-corrected chi connectivity index (χ1v) is 10.2. The molecule has 2 aliphatic rings. The fourth-order valence-corrected chi connectivity index (χ4v) is 5.29. The summed E-state index contributed by atoms with van der Waals surface area (Å²) in [5.41, 5.74) is -0.515. The highest BCUT2D eigenvalue weighted by atomic mass is 19.3. The molecule has 0 saturated heterocycles. The van der Waals surface area contributed by atoms with E-state index in [1.165, 1.54) is 38.5 Å². The van der Waals surface area contributed by atoms with Gasteiger partial charge in [-0.15, -0.1) is 0 Å². The van der Waals surface area contributed by atoms with Crippen LogP contribution in [0.5, 0.6) is 0 Å². The number of benzene rings is 1. The van der Waals surface area contributed by atoms with E-state index in [-0.39, 0.29) is 0 Å². The van der Waals surface area contributed by atoms with Gasteiger partial charge in [-0.05, 0) is 68.4 Å². The van der Waals surface area contributed by atoms with Gasteiger partial charge in [-0.3, -0.25) is 0 Å². The summed E-state index contributed by atoms with van der Waals surface area (Å²) in [5, 5.41) is 0. The van der Waals surface area contributed by atoms with Gasteiger partial charge >= 0.3 is 0 Å². The summed E-state index contributed by atoms with van der Waals surface area (Å²) in [6, 6.07) is 2.21. The molecule has 0 atom stereocenters. The van der Waals surface area contributed by atoms with E-state index in [4.69, 9.17) is 0 Å². The van der Waals surface area contributed by atoms with Gasteiger partial charge in [-0.2, -0.15) is 0 Å². The van der Waals surface area contributed by atoms with Gasteiger partial charge in [0.15, 0.2) is 0 Å². The Labute approximate surface area is 154 Å². The largest absolute Gasteiger partial charge is 0.276 e. The minimum Gasteiger partial charge on any atom is -0.207 e. The third kappa shape index (κ3) is 4.43. The first kappa shape index (κ1) is 19.7. The molecule has 0 nitrogen and oxygen atoms in total. The second-order valence-electron chi connectivity index (χ2n) is 8.46. The molecule has 0 heterocycles. The van der Waals surface area contributed by atoms with Gasteiger partial charge in [-0.25, -0.2) is 17.6 Å². The van der Waals surface area contributed by atoms with E-state index in [2.05, 4.69) is 6.92 Å². The number of rotatable bonds is 5. The topological polar surface area (TPSA) is 0 Å². The minimum absolute atomic E-state index is 0.449. The van der Waals surface area contributed by atoms with Crippen molar-refractivity contribution in [2.24, 2.45) is 23.7 Å². The number of halogens is 4. The third-order valence-electron chi connectivity index (χ3n) is 6.79. The van der Waals surface area contributed by atoms with Gasteiger partial charge in [0.2, 0.25) is 0 Å². The first-order valence-electron chi connectivity index (χ1n) is 10.2. The molecule has 1 aromatic carbocycles. The van der Waals surface area contributed by atoms with Crippen molar-refractivity contribution < 1.29 is 17.6 Å². The van der Waals surface area contributed by atoms with Crippen LogP contribution in [0.4, 0.5) is 17.6 Å². The maximum atomic E-state index is 14.8. The van der Waals surface area contributed by atoms with Gasteiger partial charge in [0, 0.05) is 17.5 Å². The Kier molecular flexibility index (Phi) is 6.29. The van der Waals surface area contributed by atoms with Crippen molar-refractivity contribution in [1.82, 2.24) is 0 Å². The summed E-state index contributed by atoms with van der Waals surface area (Å²) in [5.74, 6) is -3.74. The van der Waals surface area contributed by atoms with E-state index in [0.29, 0.717) is 30.7 Å². The monoisotopic (exact) mass is 370 g/mol. The van der Waals surface area contributed by atoms with Crippen LogP contribution < -0.4 is 0 Å². The van der Waals surface area contributed by atoms with Crippen LogP contribution in [0.15, 0.2) is 18.2 Å². The molecule has 0 bridgehead atoms. The molecule has 3 rings (SSSR count). The van der Waals surface area contributed by atoms with Crippen molar-refractivity contribution in [1.29, 1.82) is 0 Å². The highest BCUT2D eigenvalue weighted by molar-refractivity contribution is 5.23. The van der Waals surface area contributed by atoms with E-state index in [1.807, 2.05) is 0 Å². The molecule has 2 saturated carbocycles. The van der Waals surface area contributed by atoms with Crippen LogP contribution in [-0.4, -0.2) is 0 Å². The second-order valence-corrected chi connectivity index (χ2v) is 8.46. The van der Waals surface area contributed by atoms with Gasteiger partial charge in [0.1, 0.15) is 11.6 Å².